The maximum atomic E-state index is 12.3. The molecule has 0 amide bonds. The number of carbonyl (C=O) groups excluding carboxylic acids is 1. The fraction of sp³-hybridized carbons (Fsp3) is 0.222. The van der Waals surface area contributed by atoms with Crippen molar-refractivity contribution in [1.29, 1.82) is 0 Å². The number of anilines is 1. The van der Waals surface area contributed by atoms with Crippen molar-refractivity contribution in [2.45, 2.75) is 12.5 Å². The van der Waals surface area contributed by atoms with Gasteiger partial charge in [-0.2, -0.15) is 13.2 Å². The molecule has 116 valence electrons. The quantitative estimate of drug-likeness (QED) is 0.304. The Morgan fingerprint density at radius 3 is 2.10 bits per heavy atom. The number of carbonyl (C=O) groups is 1. The molecule has 0 saturated carbocycles. The van der Waals surface area contributed by atoms with E-state index in [1.54, 1.807) is 0 Å². The topological polar surface area (TPSA) is 95.5 Å². The Kier molecular flexibility index (Phi) is 4.02. The third-order valence-corrected chi connectivity index (χ3v) is 2.05. The van der Waals surface area contributed by atoms with E-state index in [2.05, 4.69) is 4.74 Å². The number of nitrogens with zero attached hydrogens (tertiary/aromatic N) is 1. The number of rotatable bonds is 3. The number of nitro groups is 1. The molecular weight excluding hydrogens is 314 g/mol. The van der Waals surface area contributed by atoms with Gasteiger partial charge in [0.1, 0.15) is 5.56 Å². The van der Waals surface area contributed by atoms with Crippen LogP contribution in [0.5, 0.6) is 5.75 Å². The minimum absolute atomic E-state index is 0.0726. The molecule has 0 aromatic heterocycles. The van der Waals surface area contributed by atoms with Gasteiger partial charge < -0.3 is 10.5 Å². The molecule has 0 saturated heterocycles. The maximum Gasteiger partial charge on any atom is 0.573 e. The highest BCUT2D eigenvalue weighted by Gasteiger charge is 2.44. The number of hydrogen-bond acceptors (Lipinski definition) is 5. The summed E-state index contributed by atoms with van der Waals surface area (Å²) in [5.74, 6) is -4.04. The molecule has 0 atom stereocenters. The normalized spacial score (nSPS) is 12.1. The number of nitrogens with two attached hydrogens (primary N) is 1. The highest BCUT2D eigenvalue weighted by atomic mass is 19.4. The van der Waals surface area contributed by atoms with Gasteiger partial charge in [0.2, 0.25) is 0 Å². The molecule has 6 nitrogen and oxygen atoms in total. The summed E-state index contributed by atoms with van der Waals surface area (Å²) in [6.45, 7) is 0. The molecule has 2 N–H and O–H groups in total. The van der Waals surface area contributed by atoms with Crippen LogP contribution in [0.3, 0.4) is 0 Å². The van der Waals surface area contributed by atoms with E-state index in [4.69, 9.17) is 5.73 Å². The number of ether oxygens (including phenoxy) is 1. The zero-order valence-corrected chi connectivity index (χ0v) is 9.58. The first kappa shape index (κ1) is 16.5. The van der Waals surface area contributed by atoms with Gasteiger partial charge in [0.15, 0.2) is 5.75 Å². The van der Waals surface area contributed by atoms with Crippen molar-refractivity contribution in [3.8, 4) is 5.75 Å². The van der Waals surface area contributed by atoms with E-state index in [0.29, 0.717) is 0 Å². The molecule has 0 heterocycles. The van der Waals surface area contributed by atoms with Crippen LogP contribution in [-0.2, 0) is 0 Å². The number of ketones is 1. The van der Waals surface area contributed by atoms with E-state index in [9.17, 15) is 41.3 Å². The van der Waals surface area contributed by atoms with E-state index < -0.39 is 45.9 Å². The molecule has 0 bridgehead atoms. The summed E-state index contributed by atoms with van der Waals surface area (Å²) in [6.07, 6.45) is -10.8. The zero-order valence-electron chi connectivity index (χ0n) is 9.58. The SMILES string of the molecule is Nc1cc([N+](=O)[O-])c(C(=O)C(F)(F)F)cc1OC(F)(F)F. The number of nitro benzene ring substituents is 1. The van der Waals surface area contributed by atoms with Crippen molar-refractivity contribution in [3.63, 3.8) is 0 Å². The van der Waals surface area contributed by atoms with Gasteiger partial charge in [-0.15, -0.1) is 13.2 Å². The van der Waals surface area contributed by atoms with E-state index in [1.807, 2.05) is 0 Å². The van der Waals surface area contributed by atoms with Crippen molar-refractivity contribution < 1.29 is 40.8 Å². The first-order chi connectivity index (χ1) is 9.33. The number of benzene rings is 1. The number of alkyl halides is 6. The number of nitrogen functional groups attached to an aromatic ring is 1. The van der Waals surface area contributed by atoms with Crippen molar-refractivity contribution in [2.24, 2.45) is 0 Å². The maximum absolute atomic E-state index is 12.3. The molecule has 0 aliphatic carbocycles. The Morgan fingerprint density at radius 2 is 1.71 bits per heavy atom. The van der Waals surface area contributed by atoms with Gasteiger partial charge in [-0.3, -0.25) is 14.9 Å². The molecule has 21 heavy (non-hydrogen) atoms. The predicted molar refractivity (Wildman–Crippen MR) is 54.6 cm³/mol. The summed E-state index contributed by atoms with van der Waals surface area (Å²) < 4.78 is 76.2. The summed E-state index contributed by atoms with van der Waals surface area (Å²) in [6, 6.07) is 0.108. The third kappa shape index (κ3) is 3.97. The lowest BCUT2D eigenvalue weighted by molar-refractivity contribution is -0.385. The smallest absolute Gasteiger partial charge is 0.404 e. The molecule has 0 spiro atoms. The zero-order chi connectivity index (χ0) is 16.6. The van der Waals surface area contributed by atoms with Crippen LogP contribution in [0.4, 0.5) is 37.7 Å². The summed E-state index contributed by atoms with van der Waals surface area (Å²) >= 11 is 0. The monoisotopic (exact) mass is 318 g/mol. The van der Waals surface area contributed by atoms with Gasteiger partial charge in [-0.05, 0) is 0 Å². The minimum Gasteiger partial charge on any atom is -0.404 e. The first-order valence-electron chi connectivity index (χ1n) is 4.78. The Balaban J connectivity index is 3.49. The second kappa shape index (κ2) is 5.10. The van der Waals surface area contributed by atoms with Gasteiger partial charge in [0.25, 0.3) is 11.5 Å². The fourth-order valence-electron chi connectivity index (χ4n) is 1.28. The van der Waals surface area contributed by atoms with Crippen molar-refractivity contribution in [2.75, 3.05) is 5.73 Å². The molecule has 0 radical (unpaired) electrons. The van der Waals surface area contributed by atoms with Gasteiger partial charge >= 0.3 is 12.5 Å². The largest absolute Gasteiger partial charge is 0.573 e. The summed E-state index contributed by atoms with van der Waals surface area (Å²) in [7, 11) is 0. The molecule has 1 aromatic rings. The number of Topliss-reactive ketones (excluding diaryl/α,β-unsaturated/α-hetero) is 1. The van der Waals surface area contributed by atoms with E-state index >= 15 is 0 Å². The van der Waals surface area contributed by atoms with E-state index in [0.717, 1.165) is 0 Å². The van der Waals surface area contributed by atoms with Gasteiger partial charge in [-0.25, -0.2) is 0 Å². The van der Waals surface area contributed by atoms with Crippen LogP contribution in [0.1, 0.15) is 10.4 Å². The molecule has 1 rings (SSSR count). The molecule has 0 unspecified atom stereocenters. The average molecular weight is 318 g/mol. The Morgan fingerprint density at radius 1 is 1.19 bits per heavy atom. The first-order valence-corrected chi connectivity index (χ1v) is 4.78. The molecule has 0 aliphatic heterocycles. The molecular formula is C9H4F6N2O4. The second-order valence-electron chi connectivity index (χ2n) is 3.54. The van der Waals surface area contributed by atoms with Crippen molar-refractivity contribution in [3.05, 3.63) is 27.8 Å². The molecule has 0 fully saturated rings. The molecule has 0 aliphatic rings. The number of halogens is 6. The molecule has 12 heteroatoms. The highest BCUT2D eigenvalue weighted by molar-refractivity contribution is 6.04. The lowest BCUT2D eigenvalue weighted by Crippen LogP contribution is -2.24. The van der Waals surface area contributed by atoms with Gasteiger partial charge in [0, 0.05) is 12.1 Å². The fourth-order valence-corrected chi connectivity index (χ4v) is 1.28. The van der Waals surface area contributed by atoms with Crippen LogP contribution in [-0.4, -0.2) is 23.2 Å². The molecule has 1 aromatic carbocycles. The third-order valence-electron chi connectivity index (χ3n) is 2.05. The summed E-state index contributed by atoms with van der Waals surface area (Å²) in [5.41, 5.74) is 1.08. The van der Waals surface area contributed by atoms with Crippen LogP contribution in [0, 0.1) is 10.1 Å². The van der Waals surface area contributed by atoms with Crippen molar-refractivity contribution >= 4 is 17.2 Å². The predicted octanol–water partition coefficient (Wildman–Crippen LogP) is 2.82. The standard InChI is InChI=1S/C9H4F6N2O4/c10-8(11,12)7(18)3-1-6(21-9(13,14)15)4(16)2-5(3)17(19)20/h1-2H,16H2. The Bertz CT molecular complexity index is 595. The average Bonchev–Trinajstić information content (AvgIpc) is 2.27. The van der Waals surface area contributed by atoms with Crippen LogP contribution < -0.4 is 10.5 Å². The lowest BCUT2D eigenvalue weighted by Gasteiger charge is -2.13. The van der Waals surface area contributed by atoms with Crippen LogP contribution in [0.15, 0.2) is 12.1 Å². The minimum atomic E-state index is -5.52. The summed E-state index contributed by atoms with van der Waals surface area (Å²) in [4.78, 5) is 20.2. The Labute approximate surface area is 111 Å². The van der Waals surface area contributed by atoms with Crippen molar-refractivity contribution in [1.82, 2.24) is 0 Å². The summed E-state index contributed by atoms with van der Waals surface area (Å²) in [5, 5.41) is 10.6. The van der Waals surface area contributed by atoms with Crippen LogP contribution in [0.2, 0.25) is 0 Å². The second-order valence-corrected chi connectivity index (χ2v) is 3.54. The van der Waals surface area contributed by atoms with Crippen LogP contribution >= 0.6 is 0 Å². The van der Waals surface area contributed by atoms with Gasteiger partial charge in [-0.1, -0.05) is 0 Å². The Hall–Kier alpha value is -2.53. The lowest BCUT2D eigenvalue weighted by atomic mass is 10.1. The van der Waals surface area contributed by atoms with E-state index in [-0.39, 0.29) is 12.1 Å². The van der Waals surface area contributed by atoms with Crippen LogP contribution in [0.25, 0.3) is 0 Å². The van der Waals surface area contributed by atoms with Gasteiger partial charge in [0.05, 0.1) is 10.6 Å². The number of hydrogen-bond donors (Lipinski definition) is 1. The highest BCUT2D eigenvalue weighted by Crippen LogP contribution is 2.36. The van der Waals surface area contributed by atoms with E-state index in [1.165, 1.54) is 0 Å².